The number of nitrogens with one attached hydrogen (secondary N) is 1. The Morgan fingerprint density at radius 3 is 2.73 bits per heavy atom. The Bertz CT molecular complexity index is 602. The summed E-state index contributed by atoms with van der Waals surface area (Å²) >= 11 is 0. The van der Waals surface area contributed by atoms with Crippen molar-refractivity contribution >= 4 is 17.6 Å². The first-order valence-electron chi connectivity index (χ1n) is 7.22. The van der Waals surface area contributed by atoms with Crippen molar-refractivity contribution in [1.29, 1.82) is 0 Å². The molecule has 1 aromatic rings. The molecule has 2 heterocycles. The van der Waals surface area contributed by atoms with Crippen molar-refractivity contribution in [3.8, 4) is 11.5 Å². The predicted molar refractivity (Wildman–Crippen MR) is 80.4 cm³/mol. The molecule has 2 aliphatic rings. The minimum Gasteiger partial charge on any atom is -0.486 e. The van der Waals surface area contributed by atoms with Gasteiger partial charge in [0.15, 0.2) is 11.5 Å². The van der Waals surface area contributed by atoms with Crippen molar-refractivity contribution in [3.63, 3.8) is 0 Å². The molecule has 118 valence electrons. The third-order valence-electron chi connectivity index (χ3n) is 3.70. The molecule has 2 aliphatic heterocycles. The van der Waals surface area contributed by atoms with Crippen molar-refractivity contribution in [1.82, 2.24) is 10.2 Å². The number of ether oxygens (including phenoxy) is 2. The van der Waals surface area contributed by atoms with Gasteiger partial charge in [0.1, 0.15) is 13.2 Å². The van der Waals surface area contributed by atoms with Gasteiger partial charge >= 0.3 is 6.03 Å². The number of fused-ring (bicyclic) bond motifs is 1. The van der Waals surface area contributed by atoms with E-state index in [0.717, 1.165) is 5.69 Å². The fourth-order valence-corrected chi connectivity index (χ4v) is 2.56. The van der Waals surface area contributed by atoms with Gasteiger partial charge in [0.25, 0.3) is 0 Å². The number of urea groups is 1. The van der Waals surface area contributed by atoms with Crippen LogP contribution >= 0.6 is 0 Å². The average molecular weight is 305 g/mol. The minimum absolute atomic E-state index is 0.0132. The highest BCUT2D eigenvalue weighted by atomic mass is 16.6. The second-order valence-electron chi connectivity index (χ2n) is 5.58. The number of carbonyl (C=O) groups excluding carboxylic acids is 2. The van der Waals surface area contributed by atoms with E-state index in [2.05, 4.69) is 5.32 Å². The molecule has 0 aromatic heterocycles. The van der Waals surface area contributed by atoms with Gasteiger partial charge in [-0.25, -0.2) is 4.79 Å². The van der Waals surface area contributed by atoms with Gasteiger partial charge in [-0.15, -0.1) is 0 Å². The summed E-state index contributed by atoms with van der Waals surface area (Å²) in [4.78, 5) is 27.0. The standard InChI is InChI=1S/C15H19N3O4/c1-17(2)15(20)16-10-7-14(19)18(9-10)11-3-4-12-13(8-11)22-6-5-21-12/h3-4,8,10H,5-7,9H2,1-2H3,(H,16,20)/t10-/m0/s1. The Labute approximate surface area is 128 Å². The lowest BCUT2D eigenvalue weighted by molar-refractivity contribution is -0.117. The second kappa shape index (κ2) is 5.75. The normalized spacial score (nSPS) is 20.0. The summed E-state index contributed by atoms with van der Waals surface area (Å²) in [6, 6.07) is 5.07. The molecule has 22 heavy (non-hydrogen) atoms. The third kappa shape index (κ3) is 2.79. The molecule has 0 saturated carbocycles. The SMILES string of the molecule is CN(C)C(=O)N[C@H]1CC(=O)N(c2ccc3c(c2)OCCO3)C1. The lowest BCUT2D eigenvalue weighted by atomic mass is 10.2. The lowest BCUT2D eigenvalue weighted by Gasteiger charge is -2.22. The summed E-state index contributed by atoms with van der Waals surface area (Å²) in [6.07, 6.45) is 0.300. The van der Waals surface area contributed by atoms with Crippen molar-refractivity contribution in [2.75, 3.05) is 38.8 Å². The Morgan fingerprint density at radius 2 is 2.00 bits per heavy atom. The molecule has 0 aliphatic carbocycles. The Kier molecular flexibility index (Phi) is 3.79. The van der Waals surface area contributed by atoms with Gasteiger partial charge in [-0.1, -0.05) is 0 Å². The summed E-state index contributed by atoms with van der Waals surface area (Å²) in [5, 5.41) is 2.84. The molecule has 1 N–H and O–H groups in total. The van der Waals surface area contributed by atoms with Gasteiger partial charge in [-0.2, -0.15) is 0 Å². The highest BCUT2D eigenvalue weighted by Gasteiger charge is 2.32. The van der Waals surface area contributed by atoms with Crippen LogP contribution in [0.15, 0.2) is 18.2 Å². The van der Waals surface area contributed by atoms with Gasteiger partial charge < -0.3 is 24.6 Å². The summed E-state index contributed by atoms with van der Waals surface area (Å²) in [5.41, 5.74) is 0.760. The molecule has 0 spiro atoms. The maximum atomic E-state index is 12.2. The van der Waals surface area contributed by atoms with Gasteiger partial charge in [-0.3, -0.25) is 4.79 Å². The number of hydrogen-bond donors (Lipinski definition) is 1. The highest BCUT2D eigenvalue weighted by Crippen LogP contribution is 2.35. The van der Waals surface area contributed by atoms with Crippen LogP contribution in [0.1, 0.15) is 6.42 Å². The molecule has 3 rings (SSSR count). The van der Waals surface area contributed by atoms with E-state index in [-0.39, 0.29) is 18.0 Å². The van der Waals surface area contributed by atoms with E-state index in [1.807, 2.05) is 18.2 Å². The zero-order valence-electron chi connectivity index (χ0n) is 12.7. The summed E-state index contributed by atoms with van der Waals surface area (Å²) in [7, 11) is 3.34. The van der Waals surface area contributed by atoms with Crippen LogP contribution in [0.3, 0.4) is 0 Å². The smallest absolute Gasteiger partial charge is 0.317 e. The number of anilines is 1. The molecule has 1 aromatic carbocycles. The number of nitrogens with zero attached hydrogens (tertiary/aromatic N) is 2. The molecular formula is C15H19N3O4. The van der Waals surface area contributed by atoms with E-state index in [1.165, 1.54) is 4.90 Å². The van der Waals surface area contributed by atoms with Gasteiger partial charge in [0.2, 0.25) is 5.91 Å². The van der Waals surface area contributed by atoms with E-state index in [0.29, 0.717) is 37.7 Å². The molecule has 1 atom stereocenters. The van der Waals surface area contributed by atoms with E-state index >= 15 is 0 Å². The molecule has 0 radical (unpaired) electrons. The van der Waals surface area contributed by atoms with Crippen molar-refractivity contribution in [2.24, 2.45) is 0 Å². The maximum absolute atomic E-state index is 12.2. The largest absolute Gasteiger partial charge is 0.486 e. The van der Waals surface area contributed by atoms with Gasteiger partial charge in [0.05, 0.1) is 6.04 Å². The Balaban J connectivity index is 1.72. The molecular weight excluding hydrogens is 286 g/mol. The van der Waals surface area contributed by atoms with E-state index in [1.54, 1.807) is 19.0 Å². The van der Waals surface area contributed by atoms with Crippen molar-refractivity contribution in [2.45, 2.75) is 12.5 Å². The predicted octanol–water partition coefficient (Wildman–Crippen LogP) is 0.834. The zero-order chi connectivity index (χ0) is 15.7. The van der Waals surface area contributed by atoms with E-state index in [9.17, 15) is 9.59 Å². The van der Waals surface area contributed by atoms with Crippen LogP contribution in [0.4, 0.5) is 10.5 Å². The zero-order valence-corrected chi connectivity index (χ0v) is 12.7. The van der Waals surface area contributed by atoms with Crippen LogP contribution in [0.5, 0.6) is 11.5 Å². The Hall–Kier alpha value is -2.44. The molecule has 1 fully saturated rings. The fourth-order valence-electron chi connectivity index (χ4n) is 2.56. The third-order valence-corrected chi connectivity index (χ3v) is 3.70. The van der Waals surface area contributed by atoms with Crippen LogP contribution in [-0.4, -0.2) is 56.7 Å². The monoisotopic (exact) mass is 305 g/mol. The summed E-state index contributed by atoms with van der Waals surface area (Å²) < 4.78 is 11.0. The summed E-state index contributed by atoms with van der Waals surface area (Å²) in [6.45, 7) is 1.50. The van der Waals surface area contributed by atoms with Crippen molar-refractivity contribution in [3.05, 3.63) is 18.2 Å². The molecule has 0 unspecified atom stereocenters. The maximum Gasteiger partial charge on any atom is 0.317 e. The number of hydrogen-bond acceptors (Lipinski definition) is 4. The highest BCUT2D eigenvalue weighted by molar-refractivity contribution is 5.97. The minimum atomic E-state index is -0.193. The quantitative estimate of drug-likeness (QED) is 0.879. The summed E-state index contributed by atoms with van der Waals surface area (Å²) in [5.74, 6) is 1.33. The Morgan fingerprint density at radius 1 is 1.27 bits per heavy atom. The van der Waals surface area contributed by atoms with Crippen LogP contribution in [0.25, 0.3) is 0 Å². The first-order valence-corrected chi connectivity index (χ1v) is 7.22. The number of amides is 3. The number of carbonyl (C=O) groups is 2. The number of rotatable bonds is 2. The molecule has 7 nitrogen and oxygen atoms in total. The average Bonchev–Trinajstić information content (AvgIpc) is 2.87. The lowest BCUT2D eigenvalue weighted by Crippen LogP contribution is -2.42. The van der Waals surface area contributed by atoms with E-state index in [4.69, 9.17) is 9.47 Å². The van der Waals surface area contributed by atoms with E-state index < -0.39 is 0 Å². The van der Waals surface area contributed by atoms with Crippen LogP contribution in [0.2, 0.25) is 0 Å². The van der Waals surface area contributed by atoms with Crippen LogP contribution in [-0.2, 0) is 4.79 Å². The fraction of sp³-hybridized carbons (Fsp3) is 0.467. The first kappa shape index (κ1) is 14.5. The molecule has 7 heteroatoms. The van der Waals surface area contributed by atoms with Crippen LogP contribution in [0, 0.1) is 0 Å². The topological polar surface area (TPSA) is 71.1 Å². The van der Waals surface area contributed by atoms with Gasteiger partial charge in [0, 0.05) is 38.8 Å². The molecule has 1 saturated heterocycles. The van der Waals surface area contributed by atoms with Crippen molar-refractivity contribution < 1.29 is 19.1 Å². The molecule has 0 bridgehead atoms. The first-order chi connectivity index (χ1) is 10.5. The number of benzene rings is 1. The second-order valence-corrected chi connectivity index (χ2v) is 5.58. The molecule has 3 amide bonds. The van der Waals surface area contributed by atoms with Crippen LogP contribution < -0.4 is 19.7 Å². The van der Waals surface area contributed by atoms with Gasteiger partial charge in [-0.05, 0) is 12.1 Å².